The predicted molar refractivity (Wildman–Crippen MR) is 185 cm³/mol. The van der Waals surface area contributed by atoms with Gasteiger partial charge in [0.15, 0.2) is 5.78 Å². The largest absolute Gasteiger partial charge is 0.462 e. The van der Waals surface area contributed by atoms with E-state index in [-0.39, 0.29) is 22.0 Å². The zero-order chi connectivity index (χ0) is 32.5. The van der Waals surface area contributed by atoms with E-state index in [2.05, 4.69) is 101 Å². The summed E-state index contributed by atoms with van der Waals surface area (Å²) in [6.07, 6.45) is 4.33. The molecule has 0 aromatic heterocycles. The van der Waals surface area contributed by atoms with Gasteiger partial charge in [-0.3, -0.25) is 4.79 Å². The van der Waals surface area contributed by atoms with Crippen molar-refractivity contribution in [2.24, 2.45) is 16.2 Å². The van der Waals surface area contributed by atoms with Crippen molar-refractivity contribution in [3.8, 4) is 5.75 Å². The third-order valence-electron chi connectivity index (χ3n) is 11.6. The molecule has 232 valence electrons. The van der Waals surface area contributed by atoms with Crippen LogP contribution in [-0.4, -0.2) is 5.78 Å². The van der Waals surface area contributed by atoms with Crippen molar-refractivity contribution in [2.45, 2.75) is 107 Å². The van der Waals surface area contributed by atoms with Gasteiger partial charge in [0, 0.05) is 28.4 Å². The van der Waals surface area contributed by atoms with Crippen LogP contribution in [0.25, 0.3) is 0 Å². The van der Waals surface area contributed by atoms with E-state index in [0.29, 0.717) is 12.3 Å². The second kappa shape index (κ2) is 10.9. The molecule has 0 fully saturated rings. The number of rotatable bonds is 7. The van der Waals surface area contributed by atoms with E-state index in [1.807, 2.05) is 12.1 Å². The van der Waals surface area contributed by atoms with Crippen LogP contribution >= 0.6 is 0 Å². The van der Waals surface area contributed by atoms with Gasteiger partial charge < -0.3 is 4.74 Å². The first-order valence-electron chi connectivity index (χ1n) is 16.3. The molecule has 3 aliphatic carbocycles. The van der Waals surface area contributed by atoms with Crippen LogP contribution in [0.3, 0.4) is 0 Å². The second-order valence-corrected chi connectivity index (χ2v) is 15.2. The Bertz CT molecular complexity index is 1670. The van der Waals surface area contributed by atoms with Crippen LogP contribution in [0.5, 0.6) is 5.75 Å². The normalized spacial score (nSPS) is 26.4. The van der Waals surface area contributed by atoms with Crippen LogP contribution < -0.4 is 4.74 Å². The summed E-state index contributed by atoms with van der Waals surface area (Å²) in [6, 6.07) is 10.4. The number of benzene rings is 2. The second-order valence-electron chi connectivity index (χ2n) is 15.2. The van der Waals surface area contributed by atoms with Crippen LogP contribution in [0.4, 0.5) is 0 Å². The van der Waals surface area contributed by atoms with E-state index in [1.54, 1.807) is 0 Å². The van der Waals surface area contributed by atoms with E-state index < -0.39 is 0 Å². The Labute approximate surface area is 266 Å². The molecule has 2 aromatic rings. The van der Waals surface area contributed by atoms with Crippen molar-refractivity contribution < 1.29 is 9.53 Å². The number of ether oxygens (including phenoxy) is 1. The molecule has 2 nitrogen and oxygen atoms in total. The summed E-state index contributed by atoms with van der Waals surface area (Å²) in [5.41, 5.74) is 13.5. The SMILES string of the molecule is C=C(CCc1cc(C(C)C)c2c(c1C)C(=O)C1=C(C)[C@@]3(C)C(=C)C(C(=C)C)=C(C)C[C@@]3(C)C[C@@]1(C)C2)Oc1ccc(C)cc1. The topological polar surface area (TPSA) is 26.3 Å². The minimum absolute atomic E-state index is 0.0297. The monoisotopic (exact) mass is 588 g/mol. The summed E-state index contributed by atoms with van der Waals surface area (Å²) in [7, 11) is 0. The van der Waals surface area contributed by atoms with Gasteiger partial charge in [-0.2, -0.15) is 0 Å². The number of carbonyl (C=O) groups excluding carboxylic acids is 1. The van der Waals surface area contributed by atoms with Crippen LogP contribution in [0.2, 0.25) is 0 Å². The van der Waals surface area contributed by atoms with Crippen molar-refractivity contribution in [1.29, 1.82) is 0 Å². The Balaban J connectivity index is 1.58. The summed E-state index contributed by atoms with van der Waals surface area (Å²) in [5.74, 6) is 2.09. The lowest BCUT2D eigenvalue weighted by Crippen LogP contribution is -2.54. The molecule has 0 saturated carbocycles. The lowest BCUT2D eigenvalue weighted by molar-refractivity contribution is 0.0462. The molecule has 0 amide bonds. The number of Topliss-reactive ketones (excluding diaryl/α,β-unsaturated/α-hetero) is 1. The lowest BCUT2D eigenvalue weighted by atomic mass is 9.42. The number of hydrogen-bond acceptors (Lipinski definition) is 2. The first-order chi connectivity index (χ1) is 20.4. The molecule has 0 unspecified atom stereocenters. The highest BCUT2D eigenvalue weighted by atomic mass is 16.5. The quantitative estimate of drug-likeness (QED) is 0.301. The molecule has 44 heavy (non-hydrogen) atoms. The fourth-order valence-electron chi connectivity index (χ4n) is 9.31. The molecule has 5 rings (SSSR count). The molecular weight excluding hydrogens is 536 g/mol. The average molecular weight is 589 g/mol. The van der Waals surface area contributed by atoms with Gasteiger partial charge in [0.05, 0.1) is 5.76 Å². The smallest absolute Gasteiger partial charge is 0.190 e. The molecule has 0 spiro atoms. The van der Waals surface area contributed by atoms with E-state index in [1.165, 1.54) is 39.0 Å². The molecule has 2 heteroatoms. The van der Waals surface area contributed by atoms with Crippen LogP contribution in [0, 0.1) is 30.1 Å². The number of ketones is 1. The Morgan fingerprint density at radius 3 is 2.23 bits per heavy atom. The van der Waals surface area contributed by atoms with Crippen LogP contribution in [0.1, 0.15) is 119 Å². The maximum Gasteiger partial charge on any atom is 0.190 e. The highest BCUT2D eigenvalue weighted by Gasteiger charge is 2.60. The molecule has 0 heterocycles. The van der Waals surface area contributed by atoms with Crippen molar-refractivity contribution in [3.63, 3.8) is 0 Å². The van der Waals surface area contributed by atoms with Crippen molar-refractivity contribution >= 4 is 5.78 Å². The third-order valence-corrected chi connectivity index (χ3v) is 11.6. The first-order valence-corrected chi connectivity index (χ1v) is 16.3. The standard InChI is InChI=1S/C42H52O2/c1-24(2)34-20-32(17-16-28(7)44-33-18-14-26(5)15-19-33)29(8)37-35(34)22-40(11)23-41(12)21-27(6)36(25(3)4)30(9)42(41,13)31(10)38(40)39(37)43/h14-15,18-20,24H,3,7,9,16-17,21-23H2,1-2,4-6,8,10-13H3/t40-,41+,42-/m1/s1. The Hall–Kier alpha value is -3.39. The Morgan fingerprint density at radius 2 is 1.64 bits per heavy atom. The van der Waals surface area contributed by atoms with Crippen molar-refractivity contribution in [1.82, 2.24) is 0 Å². The summed E-state index contributed by atoms with van der Waals surface area (Å²) in [6.45, 7) is 35.7. The molecule has 3 aliphatic rings. The third kappa shape index (κ3) is 4.81. The minimum atomic E-state index is -0.305. The van der Waals surface area contributed by atoms with Crippen molar-refractivity contribution in [2.75, 3.05) is 0 Å². The molecule has 3 atom stereocenters. The van der Waals surface area contributed by atoms with Gasteiger partial charge >= 0.3 is 0 Å². The summed E-state index contributed by atoms with van der Waals surface area (Å²) >= 11 is 0. The molecule has 0 N–H and O–H groups in total. The van der Waals surface area contributed by atoms with E-state index >= 15 is 0 Å². The van der Waals surface area contributed by atoms with Crippen LogP contribution in [0.15, 0.2) is 89.3 Å². The molecule has 0 radical (unpaired) electrons. The Kier molecular flexibility index (Phi) is 7.93. The van der Waals surface area contributed by atoms with Gasteiger partial charge in [-0.05, 0) is 117 Å². The fourth-order valence-corrected chi connectivity index (χ4v) is 9.31. The molecule has 0 bridgehead atoms. The number of hydrogen-bond donors (Lipinski definition) is 0. The molecule has 2 aromatic carbocycles. The maximum atomic E-state index is 15.0. The van der Waals surface area contributed by atoms with Gasteiger partial charge in [-0.15, -0.1) is 0 Å². The maximum absolute atomic E-state index is 15.0. The minimum Gasteiger partial charge on any atom is -0.462 e. The van der Waals surface area contributed by atoms with E-state index in [9.17, 15) is 4.79 Å². The van der Waals surface area contributed by atoms with Gasteiger partial charge in [0.2, 0.25) is 0 Å². The van der Waals surface area contributed by atoms with E-state index in [0.717, 1.165) is 65.0 Å². The van der Waals surface area contributed by atoms with Crippen LogP contribution in [-0.2, 0) is 12.8 Å². The number of carbonyl (C=O) groups is 1. The summed E-state index contributed by atoms with van der Waals surface area (Å²) < 4.78 is 6.07. The van der Waals surface area contributed by atoms with Gasteiger partial charge in [-0.1, -0.05) is 94.8 Å². The summed E-state index contributed by atoms with van der Waals surface area (Å²) in [5, 5.41) is 0. The zero-order valence-electron chi connectivity index (χ0n) is 28.9. The number of allylic oxidation sites excluding steroid dienone is 7. The lowest BCUT2D eigenvalue weighted by Gasteiger charge is -2.61. The number of aryl methyl sites for hydroxylation is 2. The highest BCUT2D eigenvalue weighted by Crippen LogP contribution is 2.69. The zero-order valence-corrected chi connectivity index (χ0v) is 28.9. The van der Waals surface area contributed by atoms with Crippen molar-refractivity contribution in [3.05, 3.63) is 123 Å². The van der Waals surface area contributed by atoms with E-state index in [4.69, 9.17) is 11.3 Å². The highest BCUT2D eigenvalue weighted by molar-refractivity contribution is 6.14. The molecule has 0 saturated heterocycles. The first kappa shape index (κ1) is 32.0. The number of fused-ring (bicyclic) bond motifs is 3. The summed E-state index contributed by atoms with van der Waals surface area (Å²) in [4.78, 5) is 15.0. The molecular formula is C42H52O2. The molecule has 0 aliphatic heterocycles. The average Bonchev–Trinajstić information content (AvgIpc) is 2.91. The van der Waals surface area contributed by atoms with Gasteiger partial charge in [0.25, 0.3) is 0 Å². The Morgan fingerprint density at radius 1 is 1.00 bits per heavy atom. The fraction of sp³-hybridized carbons (Fsp3) is 0.452. The van der Waals surface area contributed by atoms with Gasteiger partial charge in [0.1, 0.15) is 5.75 Å². The predicted octanol–water partition coefficient (Wildman–Crippen LogP) is 11.3. The van der Waals surface area contributed by atoms with Gasteiger partial charge in [-0.25, -0.2) is 0 Å².